The van der Waals surface area contributed by atoms with Crippen molar-refractivity contribution in [1.29, 1.82) is 0 Å². The van der Waals surface area contributed by atoms with Gasteiger partial charge in [0.25, 0.3) is 5.91 Å². The highest BCUT2D eigenvalue weighted by atomic mass is 35.5. The Bertz CT molecular complexity index is 1520. The van der Waals surface area contributed by atoms with Gasteiger partial charge >= 0.3 is 0 Å². The van der Waals surface area contributed by atoms with E-state index in [0.717, 1.165) is 27.8 Å². The van der Waals surface area contributed by atoms with Crippen LogP contribution in [0.4, 0.5) is 5.82 Å². The van der Waals surface area contributed by atoms with E-state index in [2.05, 4.69) is 10.4 Å². The molecule has 3 aromatic carbocycles. The van der Waals surface area contributed by atoms with E-state index in [-0.39, 0.29) is 18.3 Å². The van der Waals surface area contributed by atoms with Gasteiger partial charge in [0.1, 0.15) is 18.1 Å². The number of rotatable bonds is 7. The summed E-state index contributed by atoms with van der Waals surface area (Å²) < 4.78 is 13.4. The molecule has 2 heterocycles. The summed E-state index contributed by atoms with van der Waals surface area (Å²) in [5.74, 6) is 1.52. The molecule has 176 valence electrons. The normalized spacial score (nSPS) is 11.1. The number of hydrogen-bond acceptors (Lipinski definition) is 4. The third-order valence-corrected chi connectivity index (χ3v) is 6.28. The molecule has 0 radical (unpaired) electrons. The molecule has 0 bridgehead atoms. The third-order valence-electron chi connectivity index (χ3n) is 5.54. The number of aromatic nitrogens is 2. The van der Waals surface area contributed by atoms with Gasteiger partial charge in [-0.2, -0.15) is 5.10 Å². The Morgan fingerprint density at radius 2 is 1.83 bits per heavy atom. The minimum atomic E-state index is -0.388. The van der Waals surface area contributed by atoms with Crippen molar-refractivity contribution in [3.63, 3.8) is 0 Å². The number of furan rings is 1. The van der Waals surface area contributed by atoms with Gasteiger partial charge in [-0.1, -0.05) is 65.7 Å². The summed E-state index contributed by atoms with van der Waals surface area (Å²) in [6.07, 6.45) is 0. The lowest BCUT2D eigenvalue weighted by molar-refractivity contribution is 0.0992. The van der Waals surface area contributed by atoms with Crippen LogP contribution in [0.3, 0.4) is 0 Å². The highest BCUT2D eigenvalue weighted by molar-refractivity contribution is 6.42. The lowest BCUT2D eigenvalue weighted by Gasteiger charge is -2.08. The second-order valence-electron chi connectivity index (χ2n) is 8.06. The van der Waals surface area contributed by atoms with Crippen molar-refractivity contribution in [3.8, 4) is 5.75 Å². The lowest BCUT2D eigenvalue weighted by atomic mass is 10.1. The number of anilines is 1. The minimum absolute atomic E-state index is 0.179. The maximum Gasteiger partial charge on any atom is 0.292 e. The second kappa shape index (κ2) is 9.86. The highest BCUT2D eigenvalue weighted by Crippen LogP contribution is 2.26. The monoisotopic (exact) mass is 505 g/mol. The van der Waals surface area contributed by atoms with E-state index < -0.39 is 0 Å². The first kappa shape index (κ1) is 23.0. The average molecular weight is 506 g/mol. The van der Waals surface area contributed by atoms with Crippen LogP contribution in [0.25, 0.3) is 10.8 Å². The van der Waals surface area contributed by atoms with Crippen LogP contribution < -0.4 is 10.1 Å². The molecule has 5 aromatic rings. The van der Waals surface area contributed by atoms with Gasteiger partial charge in [0.15, 0.2) is 11.6 Å². The summed E-state index contributed by atoms with van der Waals surface area (Å²) in [6.45, 7) is 2.61. The predicted octanol–water partition coefficient (Wildman–Crippen LogP) is 7.12. The zero-order chi connectivity index (χ0) is 24.4. The Labute approximate surface area is 212 Å². The lowest BCUT2D eigenvalue weighted by Crippen LogP contribution is -2.12. The fourth-order valence-corrected chi connectivity index (χ4v) is 4.09. The van der Waals surface area contributed by atoms with Gasteiger partial charge in [0, 0.05) is 17.1 Å². The fourth-order valence-electron chi connectivity index (χ4n) is 3.77. The largest absolute Gasteiger partial charge is 0.485 e. The molecule has 0 aliphatic heterocycles. The van der Waals surface area contributed by atoms with Crippen LogP contribution in [-0.4, -0.2) is 15.7 Å². The van der Waals surface area contributed by atoms with Crippen molar-refractivity contribution in [1.82, 2.24) is 9.78 Å². The number of nitrogens with zero attached hydrogens (tertiary/aromatic N) is 2. The van der Waals surface area contributed by atoms with Crippen LogP contribution in [0.1, 0.15) is 27.6 Å². The SMILES string of the molecule is Cc1cc(NC(=O)c2ccc(COc3cccc4ccccc34)o2)nn1Cc1ccc(Cl)c(Cl)c1. The van der Waals surface area contributed by atoms with Crippen LogP contribution in [0.15, 0.2) is 83.3 Å². The molecule has 5 rings (SSSR count). The molecule has 1 amide bonds. The first-order valence-electron chi connectivity index (χ1n) is 11.0. The van der Waals surface area contributed by atoms with E-state index in [9.17, 15) is 4.79 Å². The minimum Gasteiger partial charge on any atom is -0.485 e. The molecular formula is C27H21Cl2N3O3. The molecule has 35 heavy (non-hydrogen) atoms. The summed E-state index contributed by atoms with van der Waals surface area (Å²) >= 11 is 12.1. The summed E-state index contributed by atoms with van der Waals surface area (Å²) in [5, 5.41) is 10.4. The number of carbonyl (C=O) groups excluding carboxylic acids is 1. The molecule has 0 aliphatic rings. The van der Waals surface area contributed by atoms with Crippen molar-refractivity contribution in [2.45, 2.75) is 20.1 Å². The molecule has 0 spiro atoms. The molecule has 0 unspecified atom stereocenters. The number of carbonyl (C=O) groups is 1. The number of halogens is 2. The molecule has 6 nitrogen and oxygen atoms in total. The van der Waals surface area contributed by atoms with Crippen molar-refractivity contribution < 1.29 is 13.9 Å². The number of benzene rings is 3. The second-order valence-corrected chi connectivity index (χ2v) is 8.88. The van der Waals surface area contributed by atoms with E-state index in [1.165, 1.54) is 0 Å². The Kier molecular flexibility index (Phi) is 6.49. The third kappa shape index (κ3) is 5.19. The molecule has 1 N–H and O–H groups in total. The maximum atomic E-state index is 12.7. The standard InChI is InChI=1S/C27H21Cl2N3O3/c1-17-13-26(31-32(17)15-18-9-11-22(28)23(29)14-18)30-27(33)25-12-10-20(35-25)16-34-24-8-4-6-19-5-2-3-7-21(19)24/h2-14H,15-16H2,1H3,(H,30,31,33). The summed E-state index contributed by atoms with van der Waals surface area (Å²) in [7, 11) is 0. The first-order valence-corrected chi connectivity index (χ1v) is 11.7. The van der Waals surface area contributed by atoms with Gasteiger partial charge in [0.2, 0.25) is 0 Å². The first-order chi connectivity index (χ1) is 17.0. The number of aryl methyl sites for hydroxylation is 1. The number of amides is 1. The highest BCUT2D eigenvalue weighted by Gasteiger charge is 2.15. The average Bonchev–Trinajstić information content (AvgIpc) is 3.46. The quantitative estimate of drug-likeness (QED) is 0.255. The summed E-state index contributed by atoms with van der Waals surface area (Å²) in [6, 6.07) is 24.5. The van der Waals surface area contributed by atoms with E-state index in [0.29, 0.717) is 28.2 Å². The molecule has 0 atom stereocenters. The van der Waals surface area contributed by atoms with E-state index >= 15 is 0 Å². The molecule has 2 aromatic heterocycles. The zero-order valence-corrected chi connectivity index (χ0v) is 20.3. The van der Waals surface area contributed by atoms with E-state index in [1.807, 2.05) is 55.5 Å². The number of ether oxygens (including phenoxy) is 1. The van der Waals surface area contributed by atoms with Crippen LogP contribution in [0, 0.1) is 6.92 Å². The van der Waals surface area contributed by atoms with Crippen LogP contribution >= 0.6 is 23.2 Å². The van der Waals surface area contributed by atoms with Crippen LogP contribution in [-0.2, 0) is 13.2 Å². The topological polar surface area (TPSA) is 69.3 Å². The Morgan fingerprint density at radius 1 is 1.00 bits per heavy atom. The number of fused-ring (bicyclic) bond motifs is 1. The zero-order valence-electron chi connectivity index (χ0n) is 18.8. The Morgan fingerprint density at radius 3 is 2.69 bits per heavy atom. The molecule has 8 heteroatoms. The van der Waals surface area contributed by atoms with Gasteiger partial charge < -0.3 is 14.5 Å². The van der Waals surface area contributed by atoms with Crippen molar-refractivity contribution >= 4 is 45.7 Å². The van der Waals surface area contributed by atoms with Crippen LogP contribution in [0.5, 0.6) is 5.75 Å². The van der Waals surface area contributed by atoms with Crippen molar-refractivity contribution in [2.75, 3.05) is 5.32 Å². The molecular weight excluding hydrogens is 485 g/mol. The Hall–Kier alpha value is -3.74. The fraction of sp³-hybridized carbons (Fsp3) is 0.111. The smallest absolute Gasteiger partial charge is 0.292 e. The maximum absolute atomic E-state index is 12.7. The number of hydrogen-bond donors (Lipinski definition) is 1. The Balaban J connectivity index is 1.23. The van der Waals surface area contributed by atoms with Crippen molar-refractivity contribution in [2.24, 2.45) is 0 Å². The van der Waals surface area contributed by atoms with E-state index in [1.54, 1.807) is 35.0 Å². The van der Waals surface area contributed by atoms with Crippen molar-refractivity contribution in [3.05, 3.63) is 112 Å². The van der Waals surface area contributed by atoms with E-state index in [4.69, 9.17) is 32.4 Å². The molecule has 0 fully saturated rings. The summed E-state index contributed by atoms with van der Waals surface area (Å²) in [5.41, 5.74) is 1.83. The van der Waals surface area contributed by atoms with Gasteiger partial charge in [0.05, 0.1) is 16.6 Å². The van der Waals surface area contributed by atoms with Crippen LogP contribution in [0.2, 0.25) is 10.0 Å². The molecule has 0 saturated carbocycles. The summed E-state index contributed by atoms with van der Waals surface area (Å²) in [4.78, 5) is 12.7. The van der Waals surface area contributed by atoms with Gasteiger partial charge in [-0.05, 0) is 48.2 Å². The molecule has 0 saturated heterocycles. The van der Waals surface area contributed by atoms with Gasteiger partial charge in [-0.15, -0.1) is 0 Å². The van der Waals surface area contributed by atoms with Gasteiger partial charge in [-0.3, -0.25) is 9.48 Å². The molecule has 0 aliphatic carbocycles. The number of nitrogens with one attached hydrogen (secondary N) is 1. The van der Waals surface area contributed by atoms with Gasteiger partial charge in [-0.25, -0.2) is 0 Å². The predicted molar refractivity (Wildman–Crippen MR) is 137 cm³/mol.